The third-order valence-electron chi connectivity index (χ3n) is 4.08. The molecule has 1 amide bonds. The molecule has 0 bridgehead atoms. The Bertz CT molecular complexity index is 676. The molecular formula is C20H26N2O4. The van der Waals surface area contributed by atoms with E-state index in [1.807, 2.05) is 14.0 Å². The number of rotatable bonds is 8. The Hall–Kier alpha value is -2.60. The summed E-state index contributed by atoms with van der Waals surface area (Å²) < 4.78 is 11.0. The van der Waals surface area contributed by atoms with Crippen molar-refractivity contribution in [2.24, 2.45) is 0 Å². The molecule has 1 saturated heterocycles. The van der Waals surface area contributed by atoms with Crippen molar-refractivity contribution < 1.29 is 19.1 Å². The van der Waals surface area contributed by atoms with Crippen LogP contribution < -0.4 is 9.47 Å². The van der Waals surface area contributed by atoms with Crippen molar-refractivity contribution in [1.29, 1.82) is 0 Å². The van der Waals surface area contributed by atoms with Crippen molar-refractivity contribution in [3.8, 4) is 11.5 Å². The molecule has 1 fully saturated rings. The molecule has 0 unspecified atom stereocenters. The number of carbonyl (C=O) groups is 2. The van der Waals surface area contributed by atoms with Crippen molar-refractivity contribution in [2.75, 3.05) is 46.4 Å². The van der Waals surface area contributed by atoms with Gasteiger partial charge in [0.2, 0.25) is 5.91 Å². The number of ether oxygens (including phenoxy) is 2. The zero-order valence-corrected chi connectivity index (χ0v) is 15.4. The largest absolute Gasteiger partial charge is 0.494 e. The molecule has 6 heteroatoms. The van der Waals surface area contributed by atoms with Crippen LogP contribution in [0.3, 0.4) is 0 Å². The van der Waals surface area contributed by atoms with Crippen LogP contribution in [0.2, 0.25) is 0 Å². The summed E-state index contributed by atoms with van der Waals surface area (Å²) in [6.07, 6.45) is 4.24. The Balaban J connectivity index is 2.09. The minimum Gasteiger partial charge on any atom is -0.494 e. The van der Waals surface area contributed by atoms with Crippen LogP contribution in [-0.2, 0) is 4.79 Å². The van der Waals surface area contributed by atoms with E-state index in [0.717, 1.165) is 13.1 Å². The van der Waals surface area contributed by atoms with Crippen LogP contribution in [0.15, 0.2) is 43.0 Å². The maximum absolute atomic E-state index is 12.5. The number of piperazine rings is 1. The Morgan fingerprint density at radius 1 is 1.15 bits per heavy atom. The molecule has 1 aliphatic rings. The molecule has 0 atom stereocenters. The summed E-state index contributed by atoms with van der Waals surface area (Å²) in [6, 6.07) is 5.04. The number of nitrogens with zero attached hydrogens (tertiary/aromatic N) is 2. The van der Waals surface area contributed by atoms with E-state index in [4.69, 9.17) is 9.47 Å². The number of hydrogen-bond acceptors (Lipinski definition) is 5. The van der Waals surface area contributed by atoms with Gasteiger partial charge in [-0.15, -0.1) is 0 Å². The average Bonchev–Trinajstić information content (AvgIpc) is 2.65. The summed E-state index contributed by atoms with van der Waals surface area (Å²) in [6.45, 7) is 9.32. The molecule has 0 spiro atoms. The van der Waals surface area contributed by atoms with Gasteiger partial charge in [-0.3, -0.25) is 9.59 Å². The zero-order chi connectivity index (χ0) is 18.9. The number of ketones is 1. The fraction of sp³-hybridized carbons (Fsp3) is 0.400. The summed E-state index contributed by atoms with van der Waals surface area (Å²) in [7, 11) is 2.03. The molecule has 0 aromatic heterocycles. The maximum atomic E-state index is 12.5. The molecule has 0 saturated carbocycles. The number of amides is 1. The summed E-state index contributed by atoms with van der Waals surface area (Å²) in [4.78, 5) is 28.7. The van der Waals surface area contributed by atoms with Gasteiger partial charge in [0.25, 0.3) is 0 Å². The first-order valence-corrected chi connectivity index (χ1v) is 8.75. The predicted octanol–water partition coefficient (Wildman–Crippen LogP) is 2.16. The predicted molar refractivity (Wildman–Crippen MR) is 101 cm³/mol. The fourth-order valence-electron chi connectivity index (χ4n) is 2.60. The second-order valence-corrected chi connectivity index (χ2v) is 6.02. The minimum atomic E-state index is -0.283. The van der Waals surface area contributed by atoms with E-state index in [0.29, 0.717) is 36.8 Å². The molecule has 140 valence electrons. The van der Waals surface area contributed by atoms with E-state index < -0.39 is 0 Å². The highest BCUT2D eigenvalue weighted by Crippen LogP contribution is 2.26. The quantitative estimate of drug-likeness (QED) is 0.405. The van der Waals surface area contributed by atoms with E-state index in [1.165, 1.54) is 12.2 Å². The summed E-state index contributed by atoms with van der Waals surface area (Å²) >= 11 is 0. The highest BCUT2D eigenvalue weighted by atomic mass is 16.5. The number of hydrogen-bond donors (Lipinski definition) is 0. The van der Waals surface area contributed by atoms with Gasteiger partial charge in [-0.25, -0.2) is 0 Å². The lowest BCUT2D eigenvalue weighted by Crippen LogP contribution is -2.46. The van der Waals surface area contributed by atoms with Gasteiger partial charge in [-0.2, -0.15) is 0 Å². The Morgan fingerprint density at radius 2 is 1.88 bits per heavy atom. The van der Waals surface area contributed by atoms with Gasteiger partial charge in [-0.1, -0.05) is 12.7 Å². The molecule has 1 aliphatic heterocycles. The van der Waals surface area contributed by atoms with Crippen molar-refractivity contribution >= 4 is 11.7 Å². The third-order valence-corrected chi connectivity index (χ3v) is 4.08. The molecule has 0 aliphatic carbocycles. The molecule has 6 nitrogen and oxygen atoms in total. The first kappa shape index (κ1) is 19.7. The number of carbonyl (C=O) groups excluding carboxylic acids is 2. The van der Waals surface area contributed by atoms with Crippen LogP contribution in [0.5, 0.6) is 11.5 Å². The van der Waals surface area contributed by atoms with Crippen LogP contribution in [0.1, 0.15) is 17.3 Å². The molecule has 1 heterocycles. The lowest BCUT2D eigenvalue weighted by molar-refractivity contribution is -0.127. The lowest BCUT2D eigenvalue weighted by atomic mass is 10.1. The third kappa shape index (κ3) is 5.46. The standard InChI is InChI=1S/C20H26N2O4/c1-4-14-26-19-15-16(25-5-2)6-7-17(19)18(23)8-9-20(24)22-12-10-21(3)11-13-22/h4,6-9,15H,1,5,10-14H2,2-3H3. The minimum absolute atomic E-state index is 0.147. The van der Waals surface area contributed by atoms with Crippen molar-refractivity contribution in [3.05, 3.63) is 48.6 Å². The van der Waals surface area contributed by atoms with Crippen LogP contribution in [0.25, 0.3) is 0 Å². The Labute approximate surface area is 154 Å². The average molecular weight is 358 g/mol. The highest BCUT2D eigenvalue weighted by Gasteiger charge is 2.18. The van der Waals surface area contributed by atoms with Crippen molar-refractivity contribution in [1.82, 2.24) is 9.80 Å². The lowest BCUT2D eigenvalue weighted by Gasteiger charge is -2.31. The number of benzene rings is 1. The van der Waals surface area contributed by atoms with Gasteiger partial charge in [0, 0.05) is 38.3 Å². The Morgan fingerprint density at radius 3 is 2.54 bits per heavy atom. The first-order valence-electron chi connectivity index (χ1n) is 8.75. The van der Waals surface area contributed by atoms with Gasteiger partial charge < -0.3 is 19.3 Å². The summed E-state index contributed by atoms with van der Waals surface area (Å²) in [5.41, 5.74) is 0.387. The van der Waals surface area contributed by atoms with E-state index >= 15 is 0 Å². The second kappa shape index (κ2) is 9.77. The van der Waals surface area contributed by atoms with Crippen molar-refractivity contribution in [2.45, 2.75) is 6.92 Å². The van der Waals surface area contributed by atoms with Gasteiger partial charge >= 0.3 is 0 Å². The normalized spacial score (nSPS) is 15.1. The maximum Gasteiger partial charge on any atom is 0.246 e. The molecular weight excluding hydrogens is 332 g/mol. The van der Waals surface area contributed by atoms with E-state index in [2.05, 4.69) is 11.5 Å². The molecule has 26 heavy (non-hydrogen) atoms. The topological polar surface area (TPSA) is 59.1 Å². The van der Waals surface area contributed by atoms with Crippen LogP contribution in [0.4, 0.5) is 0 Å². The zero-order valence-electron chi connectivity index (χ0n) is 15.4. The van der Waals surface area contributed by atoms with E-state index in [1.54, 1.807) is 29.2 Å². The Kier molecular flexibility index (Phi) is 7.41. The van der Waals surface area contributed by atoms with E-state index in [9.17, 15) is 9.59 Å². The molecule has 2 rings (SSSR count). The van der Waals surface area contributed by atoms with Gasteiger partial charge in [-0.05, 0) is 32.2 Å². The van der Waals surface area contributed by atoms with Crippen LogP contribution >= 0.6 is 0 Å². The first-order chi connectivity index (χ1) is 12.5. The number of likely N-dealkylation sites (N-methyl/N-ethyl adjacent to an activating group) is 1. The summed E-state index contributed by atoms with van der Waals surface area (Å²) in [5, 5.41) is 0. The number of allylic oxidation sites excluding steroid dienone is 1. The SMILES string of the molecule is C=CCOc1cc(OCC)ccc1C(=O)C=CC(=O)N1CCN(C)CC1. The highest BCUT2D eigenvalue weighted by molar-refractivity contribution is 6.09. The smallest absolute Gasteiger partial charge is 0.246 e. The second-order valence-electron chi connectivity index (χ2n) is 6.02. The van der Waals surface area contributed by atoms with Gasteiger partial charge in [0.15, 0.2) is 5.78 Å². The van der Waals surface area contributed by atoms with Gasteiger partial charge in [0.1, 0.15) is 18.1 Å². The van der Waals surface area contributed by atoms with Crippen LogP contribution in [-0.4, -0.2) is 67.9 Å². The van der Waals surface area contributed by atoms with E-state index in [-0.39, 0.29) is 18.3 Å². The molecule has 0 N–H and O–H groups in total. The summed E-state index contributed by atoms with van der Waals surface area (Å²) in [5.74, 6) is 0.610. The van der Waals surface area contributed by atoms with Gasteiger partial charge in [0.05, 0.1) is 12.2 Å². The molecule has 0 radical (unpaired) electrons. The van der Waals surface area contributed by atoms with Crippen LogP contribution in [0, 0.1) is 0 Å². The molecule has 1 aromatic carbocycles. The van der Waals surface area contributed by atoms with Crippen molar-refractivity contribution in [3.63, 3.8) is 0 Å². The monoisotopic (exact) mass is 358 g/mol. The molecule has 1 aromatic rings. The fourth-order valence-corrected chi connectivity index (χ4v) is 2.60.